The number of esters is 1. The van der Waals surface area contributed by atoms with Crippen LogP contribution in [0.3, 0.4) is 0 Å². The van der Waals surface area contributed by atoms with Gasteiger partial charge in [0.25, 0.3) is 27.8 Å². The summed E-state index contributed by atoms with van der Waals surface area (Å²) in [6.45, 7) is 1.79. The van der Waals surface area contributed by atoms with Crippen LogP contribution in [0.4, 0.5) is 0 Å². The highest BCUT2D eigenvalue weighted by Gasteiger charge is 2.48. The number of ether oxygens (including phenoxy) is 7. The number of nitrogens with zero attached hydrogens (tertiary/aromatic N) is 2. The number of hydrogen-bond acceptors (Lipinski definition) is 16. The number of hydrogen-bond donors (Lipinski definition) is 2. The standard InChI is InChI=1S/C46H57N3O17S/c1-7-32(30-24-37(61-4)43(63-6)38(25-30)62-5)44(53)48-21-9-8-14-33(48)46(55)65-34(18-16-28-17-19-35(59-2)36(22-28)60-3)29-12-10-13-31(23-29)64-27-40(50)47-20-11-15-42(52)66-49-41(51)26-39(45(49)54)67(56,57)58/h10,12-13,17,19,22-25,32-34,39H,7-9,11,14-16,18,20-21,26-27H2,1-6H3,(H,47,50)(H,56,57,58)/t32-,33-,34+,39?/m0/s1. The van der Waals surface area contributed by atoms with Crippen LogP contribution in [0.15, 0.2) is 54.6 Å². The molecular weight excluding hydrogens is 899 g/mol. The highest BCUT2D eigenvalue weighted by Crippen LogP contribution is 2.42. The second kappa shape index (κ2) is 23.7. The van der Waals surface area contributed by atoms with E-state index in [4.69, 9.17) is 42.5 Å². The van der Waals surface area contributed by atoms with Crippen LogP contribution in [0.1, 0.15) is 87.0 Å². The van der Waals surface area contributed by atoms with E-state index in [1.54, 1.807) is 47.4 Å². The van der Waals surface area contributed by atoms with Crippen molar-refractivity contribution in [2.75, 3.05) is 55.2 Å². The van der Waals surface area contributed by atoms with Gasteiger partial charge in [-0.15, -0.1) is 5.06 Å². The summed E-state index contributed by atoms with van der Waals surface area (Å²) in [7, 11) is 2.70. The number of amides is 4. The van der Waals surface area contributed by atoms with E-state index < -0.39 is 76.1 Å². The van der Waals surface area contributed by atoms with Gasteiger partial charge in [-0.3, -0.25) is 23.7 Å². The van der Waals surface area contributed by atoms with E-state index in [0.29, 0.717) is 84.9 Å². The topological polar surface area (TPSA) is 249 Å². The van der Waals surface area contributed by atoms with E-state index in [1.807, 2.05) is 19.1 Å². The van der Waals surface area contributed by atoms with Crippen molar-refractivity contribution >= 4 is 45.7 Å². The summed E-state index contributed by atoms with van der Waals surface area (Å²) in [5.41, 5.74) is 2.10. The molecule has 2 saturated heterocycles. The van der Waals surface area contributed by atoms with E-state index in [0.717, 1.165) is 5.56 Å². The van der Waals surface area contributed by atoms with Crippen molar-refractivity contribution in [1.82, 2.24) is 15.3 Å². The van der Waals surface area contributed by atoms with E-state index in [1.165, 1.54) is 35.5 Å². The molecule has 4 atom stereocenters. The maximum Gasteiger partial charge on any atom is 0.333 e. The summed E-state index contributed by atoms with van der Waals surface area (Å²) in [5.74, 6) is -2.93. The van der Waals surface area contributed by atoms with Crippen LogP contribution in [0.5, 0.6) is 34.5 Å². The molecule has 0 radical (unpaired) electrons. The quantitative estimate of drug-likeness (QED) is 0.0583. The largest absolute Gasteiger partial charge is 0.493 e. The van der Waals surface area contributed by atoms with Crippen LogP contribution in [0, 0.1) is 0 Å². The van der Waals surface area contributed by atoms with E-state index in [9.17, 15) is 37.2 Å². The molecule has 2 aliphatic rings. The van der Waals surface area contributed by atoms with Gasteiger partial charge in [-0.25, -0.2) is 9.59 Å². The summed E-state index contributed by atoms with van der Waals surface area (Å²) < 4.78 is 71.5. The molecule has 0 aromatic heterocycles. The highest BCUT2D eigenvalue weighted by molar-refractivity contribution is 7.87. The summed E-state index contributed by atoms with van der Waals surface area (Å²) in [4.78, 5) is 84.2. The van der Waals surface area contributed by atoms with Gasteiger partial charge in [0.15, 0.2) is 34.9 Å². The summed E-state index contributed by atoms with van der Waals surface area (Å²) in [6, 6.07) is 14.9. The van der Waals surface area contributed by atoms with Gasteiger partial charge >= 0.3 is 11.9 Å². The van der Waals surface area contributed by atoms with Crippen LogP contribution < -0.4 is 33.7 Å². The first-order valence-corrected chi connectivity index (χ1v) is 23.1. The third-order valence-electron chi connectivity index (χ3n) is 11.3. The molecule has 2 fully saturated rings. The minimum atomic E-state index is -4.87. The second-order valence-corrected chi connectivity index (χ2v) is 17.2. The molecule has 67 heavy (non-hydrogen) atoms. The highest BCUT2D eigenvalue weighted by atomic mass is 32.2. The molecule has 0 saturated carbocycles. The monoisotopic (exact) mass is 955 g/mol. The molecule has 0 bridgehead atoms. The molecule has 20 nitrogen and oxygen atoms in total. The smallest absolute Gasteiger partial charge is 0.333 e. The zero-order valence-electron chi connectivity index (χ0n) is 38.3. The van der Waals surface area contributed by atoms with E-state index in [-0.39, 0.29) is 36.1 Å². The second-order valence-electron chi connectivity index (χ2n) is 15.6. The van der Waals surface area contributed by atoms with Gasteiger partial charge < -0.3 is 48.2 Å². The van der Waals surface area contributed by atoms with Gasteiger partial charge in [0.1, 0.15) is 17.9 Å². The Morgan fingerprint density at radius 1 is 0.851 bits per heavy atom. The number of nitrogens with one attached hydrogen (secondary N) is 1. The third-order valence-corrected chi connectivity index (χ3v) is 12.4. The van der Waals surface area contributed by atoms with Gasteiger partial charge in [0, 0.05) is 19.5 Å². The number of likely N-dealkylation sites (tertiary alicyclic amines) is 1. The molecule has 2 N–H and O–H groups in total. The number of carbonyl (C=O) groups excluding carboxylic acids is 6. The third kappa shape index (κ3) is 13.1. The number of methoxy groups -OCH3 is 5. The maximum absolute atomic E-state index is 14.4. The lowest BCUT2D eigenvalue weighted by molar-refractivity contribution is -0.197. The lowest BCUT2D eigenvalue weighted by Crippen LogP contribution is -2.50. The number of aryl methyl sites for hydroxylation is 1. The Balaban J connectivity index is 1.26. The van der Waals surface area contributed by atoms with Gasteiger partial charge in [-0.2, -0.15) is 8.42 Å². The fraction of sp³-hybridized carbons (Fsp3) is 0.478. The zero-order chi connectivity index (χ0) is 48.8. The molecule has 5 rings (SSSR count). The number of hydroxylamine groups is 2. The van der Waals surface area contributed by atoms with E-state index >= 15 is 0 Å². The van der Waals surface area contributed by atoms with Crippen LogP contribution in [-0.4, -0.2) is 125 Å². The van der Waals surface area contributed by atoms with Gasteiger partial charge in [-0.05, 0) is 98.0 Å². The fourth-order valence-electron chi connectivity index (χ4n) is 7.87. The van der Waals surface area contributed by atoms with Crippen LogP contribution >= 0.6 is 0 Å². The SMILES string of the molecule is CC[C@H](C(=O)N1CCCC[C@H]1C(=O)O[C@H](CCc1ccc(OC)c(OC)c1)c1cccc(OCC(=O)NCCCC(=O)ON2C(=O)CC(S(=O)(=O)O)C2=O)c1)c1cc(OC)c(OC)c(OC)c1. The Bertz CT molecular complexity index is 2370. The van der Waals surface area contributed by atoms with Crippen molar-refractivity contribution in [1.29, 1.82) is 0 Å². The molecule has 0 spiro atoms. The first kappa shape index (κ1) is 51.4. The Kier molecular flexibility index (Phi) is 18.2. The summed E-state index contributed by atoms with van der Waals surface area (Å²) in [6.07, 6.45) is 0.992. The molecule has 21 heteroatoms. The average molecular weight is 956 g/mol. The Morgan fingerprint density at radius 2 is 1.55 bits per heavy atom. The van der Waals surface area contributed by atoms with Crippen molar-refractivity contribution in [2.45, 2.75) is 88.0 Å². The van der Waals surface area contributed by atoms with Gasteiger partial charge in [0.2, 0.25) is 11.7 Å². The lowest BCUT2D eigenvalue weighted by Gasteiger charge is -2.37. The Hall–Kier alpha value is -6.61. The van der Waals surface area contributed by atoms with Crippen LogP contribution in [0.2, 0.25) is 0 Å². The van der Waals surface area contributed by atoms with Crippen molar-refractivity contribution in [3.8, 4) is 34.5 Å². The van der Waals surface area contributed by atoms with E-state index in [2.05, 4.69) is 5.32 Å². The molecule has 3 aromatic rings. The first-order valence-electron chi connectivity index (χ1n) is 21.6. The molecule has 0 aliphatic carbocycles. The molecular formula is C46H57N3O17S. The summed E-state index contributed by atoms with van der Waals surface area (Å²) in [5, 5.41) is 0.544. The molecule has 364 valence electrons. The maximum atomic E-state index is 14.4. The Labute approximate surface area is 388 Å². The van der Waals surface area contributed by atoms with Gasteiger partial charge in [0.05, 0.1) is 47.9 Å². The van der Waals surface area contributed by atoms with Gasteiger partial charge in [-0.1, -0.05) is 25.1 Å². The Morgan fingerprint density at radius 3 is 2.18 bits per heavy atom. The molecule has 2 aliphatic heterocycles. The minimum absolute atomic E-state index is 0.0115. The van der Waals surface area contributed by atoms with Crippen molar-refractivity contribution in [3.05, 3.63) is 71.3 Å². The number of carbonyl (C=O) groups is 6. The number of piperidine rings is 1. The number of rotatable bonds is 23. The molecule has 4 amide bonds. The lowest BCUT2D eigenvalue weighted by atomic mass is 9.91. The molecule has 3 aromatic carbocycles. The number of benzene rings is 3. The number of imide groups is 1. The predicted molar refractivity (Wildman–Crippen MR) is 237 cm³/mol. The molecule has 2 heterocycles. The fourth-order valence-corrected chi connectivity index (χ4v) is 8.57. The zero-order valence-corrected chi connectivity index (χ0v) is 39.1. The minimum Gasteiger partial charge on any atom is -0.493 e. The molecule has 1 unspecified atom stereocenters. The normalized spacial score (nSPS) is 16.9. The predicted octanol–water partition coefficient (Wildman–Crippen LogP) is 4.27. The summed E-state index contributed by atoms with van der Waals surface area (Å²) >= 11 is 0. The van der Waals surface area contributed by atoms with Crippen molar-refractivity contribution in [3.63, 3.8) is 0 Å². The average Bonchev–Trinajstić information content (AvgIpc) is 3.62. The van der Waals surface area contributed by atoms with Crippen LogP contribution in [-0.2, 0) is 54.9 Å². The van der Waals surface area contributed by atoms with Crippen molar-refractivity contribution < 1.29 is 79.7 Å². The first-order chi connectivity index (χ1) is 32.1. The van der Waals surface area contributed by atoms with Crippen molar-refractivity contribution in [2.24, 2.45) is 0 Å². The van der Waals surface area contributed by atoms with Crippen LogP contribution in [0.25, 0.3) is 0 Å².